The summed E-state index contributed by atoms with van der Waals surface area (Å²) in [5, 5.41) is 7.15. The summed E-state index contributed by atoms with van der Waals surface area (Å²) in [6.45, 7) is 5.13. The molecular weight excluding hydrogens is 236 g/mol. The molecule has 1 unspecified atom stereocenters. The minimum absolute atomic E-state index is 0.511. The van der Waals surface area contributed by atoms with Gasteiger partial charge in [0.25, 0.3) is 0 Å². The van der Waals surface area contributed by atoms with Crippen molar-refractivity contribution in [3.05, 3.63) is 29.8 Å². The Kier molecular flexibility index (Phi) is 4.04. The second kappa shape index (κ2) is 5.93. The molecule has 2 N–H and O–H groups in total. The number of rotatable bonds is 6. The van der Waals surface area contributed by atoms with Gasteiger partial charge in [-0.3, -0.25) is 0 Å². The maximum absolute atomic E-state index is 5.58. The molecule has 0 bridgehead atoms. The van der Waals surface area contributed by atoms with Crippen LogP contribution in [0.5, 0.6) is 0 Å². The fourth-order valence-electron chi connectivity index (χ4n) is 3.18. The first kappa shape index (κ1) is 12.9. The van der Waals surface area contributed by atoms with Crippen LogP contribution in [0, 0.1) is 0 Å². The molecule has 3 rings (SSSR count). The van der Waals surface area contributed by atoms with E-state index in [2.05, 4.69) is 41.8 Å². The Morgan fingerprint density at radius 2 is 2.16 bits per heavy atom. The topological polar surface area (TPSA) is 33.3 Å². The lowest BCUT2D eigenvalue weighted by Gasteiger charge is -2.35. The Balaban J connectivity index is 1.38. The molecule has 0 spiro atoms. The number of nitrogens with one attached hydrogen (secondary N) is 2. The van der Waals surface area contributed by atoms with Crippen LogP contribution in [-0.4, -0.2) is 31.8 Å². The lowest BCUT2D eigenvalue weighted by Crippen LogP contribution is -2.45. The predicted molar refractivity (Wildman–Crippen MR) is 78.7 cm³/mol. The summed E-state index contributed by atoms with van der Waals surface area (Å²) in [6.07, 6.45) is 4.11. The third-order valence-corrected chi connectivity index (χ3v) is 4.36. The zero-order valence-electron chi connectivity index (χ0n) is 11.7. The van der Waals surface area contributed by atoms with Crippen molar-refractivity contribution in [2.45, 2.75) is 44.2 Å². The van der Waals surface area contributed by atoms with E-state index < -0.39 is 0 Å². The molecule has 1 aromatic carbocycles. The molecule has 1 fully saturated rings. The summed E-state index contributed by atoms with van der Waals surface area (Å²) in [7, 11) is 0. The summed E-state index contributed by atoms with van der Waals surface area (Å²) in [5.41, 5.74) is 2.82. The van der Waals surface area contributed by atoms with E-state index in [1.807, 2.05) is 0 Å². The van der Waals surface area contributed by atoms with Gasteiger partial charge >= 0.3 is 0 Å². The third kappa shape index (κ3) is 2.93. The van der Waals surface area contributed by atoms with Crippen molar-refractivity contribution in [1.29, 1.82) is 0 Å². The number of benzene rings is 1. The first-order valence-electron chi connectivity index (χ1n) is 7.54. The van der Waals surface area contributed by atoms with Crippen LogP contribution in [0.1, 0.15) is 37.7 Å². The highest BCUT2D eigenvalue weighted by Crippen LogP contribution is 2.33. The molecule has 19 heavy (non-hydrogen) atoms. The van der Waals surface area contributed by atoms with E-state index in [-0.39, 0.29) is 0 Å². The normalized spacial score (nSPS) is 28.6. The summed E-state index contributed by atoms with van der Waals surface area (Å²) >= 11 is 0. The summed E-state index contributed by atoms with van der Waals surface area (Å²) < 4.78 is 5.58. The van der Waals surface area contributed by atoms with Gasteiger partial charge in [-0.1, -0.05) is 18.2 Å². The second-order valence-corrected chi connectivity index (χ2v) is 5.65. The third-order valence-electron chi connectivity index (χ3n) is 4.36. The van der Waals surface area contributed by atoms with E-state index in [0.29, 0.717) is 18.1 Å². The van der Waals surface area contributed by atoms with Gasteiger partial charge in [0.05, 0.1) is 6.10 Å². The maximum Gasteiger partial charge on any atom is 0.0604 e. The van der Waals surface area contributed by atoms with E-state index in [0.717, 1.165) is 19.7 Å². The summed E-state index contributed by atoms with van der Waals surface area (Å²) in [6, 6.07) is 9.37. The van der Waals surface area contributed by atoms with Crippen LogP contribution in [0.2, 0.25) is 0 Å². The van der Waals surface area contributed by atoms with Crippen molar-refractivity contribution in [1.82, 2.24) is 5.32 Å². The van der Waals surface area contributed by atoms with Gasteiger partial charge in [-0.2, -0.15) is 0 Å². The van der Waals surface area contributed by atoms with Gasteiger partial charge in [-0.15, -0.1) is 0 Å². The van der Waals surface area contributed by atoms with E-state index in [1.54, 1.807) is 0 Å². The van der Waals surface area contributed by atoms with Gasteiger partial charge in [0.15, 0.2) is 0 Å². The first-order chi connectivity index (χ1) is 9.36. The average Bonchev–Trinajstić information content (AvgIpc) is 2.79. The number of para-hydroxylation sites is 1. The van der Waals surface area contributed by atoms with Crippen molar-refractivity contribution >= 4 is 5.69 Å². The van der Waals surface area contributed by atoms with Crippen molar-refractivity contribution in [3.8, 4) is 0 Å². The second-order valence-electron chi connectivity index (χ2n) is 5.65. The Bertz CT molecular complexity index is 415. The van der Waals surface area contributed by atoms with Crippen LogP contribution < -0.4 is 10.6 Å². The summed E-state index contributed by atoms with van der Waals surface area (Å²) in [5.74, 6) is 0.673. The number of anilines is 1. The number of hydrogen-bond acceptors (Lipinski definition) is 3. The molecular formula is C16H24N2O. The van der Waals surface area contributed by atoms with E-state index in [1.165, 1.54) is 30.5 Å². The molecule has 1 aliphatic heterocycles. The van der Waals surface area contributed by atoms with E-state index in [9.17, 15) is 0 Å². The average molecular weight is 260 g/mol. The largest absolute Gasteiger partial charge is 0.384 e. The SMILES string of the molecule is CCOC1CC(NCCC2CNc3ccccc32)C1. The molecule has 3 heteroatoms. The fourth-order valence-corrected chi connectivity index (χ4v) is 3.18. The molecule has 1 heterocycles. The first-order valence-corrected chi connectivity index (χ1v) is 7.54. The molecule has 0 saturated heterocycles. The lowest BCUT2D eigenvalue weighted by atomic mass is 9.89. The maximum atomic E-state index is 5.58. The highest BCUT2D eigenvalue weighted by atomic mass is 16.5. The van der Waals surface area contributed by atoms with Crippen LogP contribution in [0.15, 0.2) is 24.3 Å². The van der Waals surface area contributed by atoms with Crippen molar-refractivity contribution in [2.75, 3.05) is 25.0 Å². The fraction of sp³-hybridized carbons (Fsp3) is 0.625. The molecule has 1 saturated carbocycles. The predicted octanol–water partition coefficient (Wildman–Crippen LogP) is 2.74. The molecule has 104 valence electrons. The smallest absolute Gasteiger partial charge is 0.0604 e. The lowest BCUT2D eigenvalue weighted by molar-refractivity contribution is -0.00979. The van der Waals surface area contributed by atoms with Gasteiger partial charge in [-0.25, -0.2) is 0 Å². The highest BCUT2D eigenvalue weighted by molar-refractivity contribution is 5.57. The van der Waals surface area contributed by atoms with Gasteiger partial charge in [-0.05, 0) is 44.4 Å². The summed E-state index contributed by atoms with van der Waals surface area (Å²) in [4.78, 5) is 0. The van der Waals surface area contributed by atoms with Crippen LogP contribution in [0.25, 0.3) is 0 Å². The Morgan fingerprint density at radius 1 is 1.32 bits per heavy atom. The Labute approximate surface area is 115 Å². The van der Waals surface area contributed by atoms with Gasteiger partial charge in [0.1, 0.15) is 0 Å². The molecule has 1 atom stereocenters. The van der Waals surface area contributed by atoms with Gasteiger partial charge < -0.3 is 15.4 Å². The standard InChI is InChI=1S/C16H24N2O/c1-2-19-14-9-13(10-14)17-8-7-12-11-18-16-6-4-3-5-15(12)16/h3-6,12-14,17-18H,2,7-11H2,1H3. The molecule has 0 amide bonds. The van der Waals surface area contributed by atoms with Crippen LogP contribution in [-0.2, 0) is 4.74 Å². The van der Waals surface area contributed by atoms with E-state index in [4.69, 9.17) is 4.74 Å². The van der Waals surface area contributed by atoms with Crippen molar-refractivity contribution in [2.24, 2.45) is 0 Å². The van der Waals surface area contributed by atoms with Crippen molar-refractivity contribution in [3.63, 3.8) is 0 Å². The molecule has 0 radical (unpaired) electrons. The van der Waals surface area contributed by atoms with Gasteiger partial charge in [0, 0.05) is 30.8 Å². The zero-order chi connectivity index (χ0) is 13.1. The zero-order valence-corrected chi connectivity index (χ0v) is 11.7. The van der Waals surface area contributed by atoms with E-state index >= 15 is 0 Å². The monoisotopic (exact) mass is 260 g/mol. The number of hydrogen-bond donors (Lipinski definition) is 2. The molecule has 3 nitrogen and oxygen atoms in total. The van der Waals surface area contributed by atoms with Crippen LogP contribution in [0.4, 0.5) is 5.69 Å². The number of fused-ring (bicyclic) bond motifs is 1. The Hall–Kier alpha value is -1.06. The highest BCUT2D eigenvalue weighted by Gasteiger charge is 2.29. The Morgan fingerprint density at radius 3 is 3.00 bits per heavy atom. The van der Waals surface area contributed by atoms with Crippen molar-refractivity contribution < 1.29 is 4.74 Å². The molecule has 2 aliphatic rings. The van der Waals surface area contributed by atoms with Crippen LogP contribution in [0.3, 0.4) is 0 Å². The van der Waals surface area contributed by atoms with Crippen LogP contribution >= 0.6 is 0 Å². The molecule has 1 aromatic rings. The molecule has 0 aromatic heterocycles. The minimum Gasteiger partial charge on any atom is -0.384 e. The minimum atomic E-state index is 0.511. The number of ether oxygens (including phenoxy) is 1. The molecule has 1 aliphatic carbocycles. The quantitative estimate of drug-likeness (QED) is 0.825. The van der Waals surface area contributed by atoms with Gasteiger partial charge in [0.2, 0.25) is 0 Å².